The van der Waals surface area contributed by atoms with Crippen molar-refractivity contribution in [2.45, 2.75) is 26.2 Å². The molecule has 3 aromatic heterocycles. The summed E-state index contributed by atoms with van der Waals surface area (Å²) in [6.07, 6.45) is 0. The normalized spacial score (nSPS) is 11.9. The van der Waals surface area contributed by atoms with E-state index in [9.17, 15) is 19.8 Å². The molecule has 0 spiro atoms. The van der Waals surface area contributed by atoms with Crippen LogP contribution >= 0.6 is 0 Å². The minimum atomic E-state index is -1.28. The van der Waals surface area contributed by atoms with Crippen molar-refractivity contribution in [2.24, 2.45) is 7.05 Å². The average molecular weight is 829 g/mol. The van der Waals surface area contributed by atoms with Crippen LogP contribution in [-0.2, 0) is 31.9 Å². The molecule has 10 rings (SSSR count). The first-order chi connectivity index (χ1) is 27.9. The van der Waals surface area contributed by atoms with Crippen LogP contribution in [0.5, 0.6) is 11.5 Å². The summed E-state index contributed by atoms with van der Waals surface area (Å²) >= 11 is 0. The molecule has 8 bridgehead atoms. The van der Waals surface area contributed by atoms with Crippen molar-refractivity contribution >= 4 is 56.1 Å². The van der Waals surface area contributed by atoms with Gasteiger partial charge in [-0.2, -0.15) is 0 Å². The molecule has 59 heavy (non-hydrogen) atoms. The third kappa shape index (κ3) is 6.29. The molecule has 0 atom stereocenters. The van der Waals surface area contributed by atoms with E-state index >= 15 is 0 Å². The van der Waals surface area contributed by atoms with E-state index in [0.29, 0.717) is 62.4 Å². The van der Waals surface area contributed by atoms with Crippen LogP contribution in [0.4, 0.5) is 0 Å². The summed E-state index contributed by atoms with van der Waals surface area (Å²) in [6, 6.07) is 30.8. The van der Waals surface area contributed by atoms with Gasteiger partial charge in [0.15, 0.2) is 0 Å². The van der Waals surface area contributed by atoms with E-state index in [1.54, 1.807) is 18.2 Å². The summed E-state index contributed by atoms with van der Waals surface area (Å²) in [7, 11) is 1.90. The number of aromatic carboxylic acids is 2. The molecule has 2 aliphatic heterocycles. The summed E-state index contributed by atoms with van der Waals surface area (Å²) < 4.78 is 8.03. The Hall–Kier alpha value is -7.18. The molecule has 0 amide bonds. The zero-order chi connectivity index (χ0) is 40.0. The van der Waals surface area contributed by atoms with Crippen LogP contribution in [0, 0.1) is 0 Å². The van der Waals surface area contributed by atoms with Crippen molar-refractivity contribution in [2.75, 3.05) is 0 Å². The van der Waals surface area contributed by atoms with E-state index in [0.717, 1.165) is 44.7 Å². The first kappa shape index (κ1) is 37.4. The molecule has 0 radical (unpaired) electrons. The van der Waals surface area contributed by atoms with Gasteiger partial charge in [0.25, 0.3) is 0 Å². The summed E-state index contributed by atoms with van der Waals surface area (Å²) in [5, 5.41) is 22.3. The second-order valence-corrected chi connectivity index (χ2v) is 15.2. The molecule has 5 aromatic carbocycles. The summed E-state index contributed by atoms with van der Waals surface area (Å²) in [5.74, 6) is -0.110. The maximum Gasteiger partial charge on any atom is 2.00 e. The quantitative estimate of drug-likeness (QED) is 0.129. The Balaban J connectivity index is 0.00000449. The Bertz CT molecular complexity index is 3260. The fourth-order valence-corrected chi connectivity index (χ4v) is 7.45. The predicted molar refractivity (Wildman–Crippen MR) is 217 cm³/mol. The monoisotopic (exact) mass is 827 g/mol. The third-order valence-electron chi connectivity index (χ3n) is 10.4. The Labute approximate surface area is 348 Å². The number of nitrogens with zero attached hydrogens (tertiary/aromatic N) is 8. The summed E-state index contributed by atoms with van der Waals surface area (Å²) in [5.41, 5.74) is 5.56. The molecule has 13 nitrogen and oxygen atoms in total. The van der Waals surface area contributed by atoms with Gasteiger partial charge in [0.2, 0.25) is 0 Å². The van der Waals surface area contributed by atoms with Crippen molar-refractivity contribution in [1.82, 2.24) is 34.9 Å². The largest absolute Gasteiger partial charge is 2.00 e. The van der Waals surface area contributed by atoms with Crippen molar-refractivity contribution in [1.29, 1.82) is 0 Å². The minimum Gasteiger partial charge on any atom is -0.478 e. The van der Waals surface area contributed by atoms with Gasteiger partial charge in [-0.15, -0.1) is 0 Å². The molecule has 2 N–H and O–H groups in total. The zero-order valence-corrected chi connectivity index (χ0v) is 35.2. The number of rotatable bonds is 4. The molecule has 8 aromatic rings. The van der Waals surface area contributed by atoms with Gasteiger partial charge in [-0.1, -0.05) is 81.4 Å². The van der Waals surface area contributed by atoms with Crippen molar-refractivity contribution < 1.29 is 48.6 Å². The number of hydrogen-bond acceptors (Lipinski definition) is 8. The number of carbonyl (C=O) groups is 2. The number of carboxylic acids is 2. The molecule has 14 heteroatoms. The fraction of sp³-hybridized carbons (Fsp3) is 0.111. The van der Waals surface area contributed by atoms with Crippen LogP contribution in [-0.4, -0.2) is 47.1 Å². The smallest absolute Gasteiger partial charge is 0.478 e. The number of aromatic nitrogens is 8. The zero-order valence-electron chi connectivity index (χ0n) is 32.2. The van der Waals surface area contributed by atoms with E-state index < -0.39 is 11.9 Å². The van der Waals surface area contributed by atoms with Crippen LogP contribution in [0.15, 0.2) is 103 Å². The molecule has 0 saturated carbocycles. The van der Waals surface area contributed by atoms with Crippen LogP contribution in [0.2, 0.25) is 0 Å². The molecule has 0 fully saturated rings. The van der Waals surface area contributed by atoms with Gasteiger partial charge in [0, 0.05) is 44.8 Å². The van der Waals surface area contributed by atoms with Crippen molar-refractivity contribution in [3.63, 3.8) is 0 Å². The third-order valence-corrected chi connectivity index (χ3v) is 10.4. The first-order valence-electron chi connectivity index (χ1n) is 18.4. The van der Waals surface area contributed by atoms with Gasteiger partial charge in [-0.25, -0.2) is 14.6 Å². The number of fused-ring (bicyclic) bond motifs is 20. The van der Waals surface area contributed by atoms with Crippen LogP contribution < -0.4 is 19.3 Å². The number of carboxylic acid groups (broad SMARTS) is 2. The van der Waals surface area contributed by atoms with Gasteiger partial charge >= 0.3 is 31.4 Å². The van der Waals surface area contributed by atoms with Gasteiger partial charge < -0.3 is 44.9 Å². The second-order valence-electron chi connectivity index (χ2n) is 15.2. The van der Waals surface area contributed by atoms with Crippen molar-refractivity contribution in [3.8, 4) is 57.1 Å². The average Bonchev–Trinajstić information content (AvgIpc) is 3.91. The maximum atomic E-state index is 11.8. The van der Waals surface area contributed by atoms with Gasteiger partial charge in [-0.05, 0) is 75.0 Å². The van der Waals surface area contributed by atoms with Crippen molar-refractivity contribution in [3.05, 3.63) is 120 Å². The van der Waals surface area contributed by atoms with E-state index in [2.05, 4.69) is 39.0 Å². The second kappa shape index (κ2) is 13.7. The minimum absolute atomic E-state index is 0. The fourth-order valence-electron chi connectivity index (χ4n) is 7.45. The van der Waals surface area contributed by atoms with Gasteiger partial charge in [0.05, 0.1) is 29.8 Å². The van der Waals surface area contributed by atoms with Crippen LogP contribution in [0.1, 0.15) is 47.1 Å². The topological polar surface area (TPSA) is 180 Å². The Kier molecular flexibility index (Phi) is 8.71. The van der Waals surface area contributed by atoms with E-state index in [-0.39, 0.29) is 41.8 Å². The SMILES string of the molecule is C[n+]1c2nc3[n-]c(nc4nc(nc5[n-]c(nc1-c1ccccc1-2)c1cc(C(C)(C)C)ccc51)-c1ccccc1-4)c1ccc(Oc2cc(C(=O)O)cc(C(=O)O)c2)cc31.[Zn+2]. The maximum absolute atomic E-state index is 11.8. The number of ether oxygens (including phenoxy) is 1. The molecule has 282 valence electrons. The number of hydrogen-bond donors (Lipinski definition) is 2. The predicted octanol–water partition coefficient (Wildman–Crippen LogP) is 8.04. The molecular formula is C45H31N8O5Zn+. The Morgan fingerprint density at radius 1 is 0.559 bits per heavy atom. The first-order valence-corrected chi connectivity index (χ1v) is 18.4. The molecular weight excluding hydrogens is 798 g/mol. The van der Waals surface area contributed by atoms with Gasteiger partial charge in [0.1, 0.15) is 23.1 Å². The molecule has 5 heterocycles. The van der Waals surface area contributed by atoms with Gasteiger partial charge in [-0.3, -0.25) is 4.57 Å². The molecule has 0 saturated heterocycles. The molecule has 2 aliphatic rings. The van der Waals surface area contributed by atoms with Crippen LogP contribution in [0.3, 0.4) is 0 Å². The molecule has 0 aliphatic carbocycles. The molecule has 0 unspecified atom stereocenters. The Morgan fingerprint density at radius 2 is 1.03 bits per heavy atom. The summed E-state index contributed by atoms with van der Waals surface area (Å²) in [4.78, 5) is 59.2. The van der Waals surface area contributed by atoms with E-state index in [1.807, 2.05) is 60.1 Å². The summed E-state index contributed by atoms with van der Waals surface area (Å²) in [6.45, 7) is 6.52. The van der Waals surface area contributed by atoms with Crippen LogP contribution in [0.25, 0.3) is 89.7 Å². The van der Waals surface area contributed by atoms with E-state index in [4.69, 9.17) is 39.6 Å². The standard InChI is InChI=1S/C45H32N8O5.Zn/c1-45(2,3)24-13-15-29-33(20-24)39-49-37(29)47-35-27-9-5-6-10-28(27)36(46-35)48-38-30-16-14-25(58-26-18-22(43(54)55)17-23(19-26)44(56)57)21-34(30)40(50-38)52-42-32-12-8-7-11-31(32)41(51-39)53(42)4;/h5-21H,1-4H3,(H3,46,47,48,49,50,51,52,54,55,56,57);/q;+2/p-1. The van der Waals surface area contributed by atoms with E-state index in [1.165, 1.54) is 12.1 Å². The number of benzene rings is 5. The Morgan fingerprint density at radius 3 is 1.54 bits per heavy atom.